The number of benzene rings is 3. The minimum absolute atomic E-state index is 0.0197. The van der Waals surface area contributed by atoms with Gasteiger partial charge in [-0.05, 0) is 35.4 Å². The molecular formula is C21H15F3N2. The molecule has 5 heteroatoms. The number of alkyl halides is 3. The standard InChI is InChI=1S/C21H15F3N2/c1-25-19-14-15(21(22,23)24)12-13-17(19)18-10-6-7-11-20(18)26(2)16-8-4-3-5-9-16/h3-14H,2H3. The highest BCUT2D eigenvalue weighted by atomic mass is 19.4. The van der Waals surface area contributed by atoms with Crippen LogP contribution in [0.5, 0.6) is 0 Å². The highest BCUT2D eigenvalue weighted by molar-refractivity contribution is 5.89. The molecule has 3 aromatic rings. The van der Waals surface area contributed by atoms with Crippen LogP contribution in [0.25, 0.3) is 16.0 Å². The minimum Gasteiger partial charge on any atom is -0.344 e. The summed E-state index contributed by atoms with van der Waals surface area (Å²) in [6, 6.07) is 20.3. The second kappa shape index (κ2) is 6.93. The van der Waals surface area contributed by atoms with E-state index >= 15 is 0 Å². The van der Waals surface area contributed by atoms with Crippen LogP contribution in [0.15, 0.2) is 72.8 Å². The zero-order valence-electron chi connectivity index (χ0n) is 14.0. The number of anilines is 2. The molecule has 0 heterocycles. The molecule has 0 bridgehead atoms. The van der Waals surface area contributed by atoms with Crippen molar-refractivity contribution in [3.63, 3.8) is 0 Å². The smallest absolute Gasteiger partial charge is 0.344 e. The second-order valence-electron chi connectivity index (χ2n) is 5.75. The van der Waals surface area contributed by atoms with Crippen molar-refractivity contribution < 1.29 is 13.2 Å². The van der Waals surface area contributed by atoms with E-state index in [-0.39, 0.29) is 5.69 Å². The first-order valence-corrected chi connectivity index (χ1v) is 7.88. The maximum absolute atomic E-state index is 13.0. The third-order valence-corrected chi connectivity index (χ3v) is 4.14. The van der Waals surface area contributed by atoms with Crippen LogP contribution in [0.3, 0.4) is 0 Å². The summed E-state index contributed by atoms with van der Waals surface area (Å²) in [5.74, 6) is 0. The van der Waals surface area contributed by atoms with Crippen LogP contribution in [0.1, 0.15) is 5.56 Å². The van der Waals surface area contributed by atoms with Crippen molar-refractivity contribution in [3.05, 3.63) is 89.8 Å². The summed E-state index contributed by atoms with van der Waals surface area (Å²) in [7, 11) is 1.88. The van der Waals surface area contributed by atoms with E-state index in [9.17, 15) is 13.2 Å². The Balaban J connectivity index is 2.13. The fourth-order valence-electron chi connectivity index (χ4n) is 2.81. The molecule has 26 heavy (non-hydrogen) atoms. The van der Waals surface area contributed by atoms with Gasteiger partial charge in [0.15, 0.2) is 5.69 Å². The van der Waals surface area contributed by atoms with E-state index in [1.54, 1.807) is 0 Å². The maximum Gasteiger partial charge on any atom is 0.415 e. The molecule has 0 aromatic heterocycles. The first kappa shape index (κ1) is 17.6. The predicted octanol–water partition coefficient (Wildman–Crippen LogP) is 6.69. The Labute approximate surface area is 149 Å². The number of nitrogens with zero attached hydrogens (tertiary/aromatic N) is 2. The lowest BCUT2D eigenvalue weighted by Gasteiger charge is -2.23. The third-order valence-electron chi connectivity index (χ3n) is 4.14. The van der Waals surface area contributed by atoms with Gasteiger partial charge >= 0.3 is 6.18 Å². The van der Waals surface area contributed by atoms with Gasteiger partial charge < -0.3 is 4.90 Å². The molecule has 0 N–H and O–H groups in total. The number of hydrogen-bond donors (Lipinski definition) is 0. The number of hydrogen-bond acceptors (Lipinski definition) is 1. The third kappa shape index (κ3) is 3.40. The lowest BCUT2D eigenvalue weighted by atomic mass is 9.99. The zero-order valence-corrected chi connectivity index (χ0v) is 14.0. The summed E-state index contributed by atoms with van der Waals surface area (Å²) >= 11 is 0. The molecule has 0 amide bonds. The molecule has 0 aliphatic carbocycles. The summed E-state index contributed by atoms with van der Waals surface area (Å²) in [6.07, 6.45) is -4.47. The van der Waals surface area contributed by atoms with Crippen LogP contribution in [0, 0.1) is 6.57 Å². The van der Waals surface area contributed by atoms with Crippen LogP contribution in [-0.4, -0.2) is 7.05 Å². The lowest BCUT2D eigenvalue weighted by molar-refractivity contribution is -0.137. The van der Waals surface area contributed by atoms with Crippen molar-refractivity contribution in [2.45, 2.75) is 6.18 Å². The van der Waals surface area contributed by atoms with Crippen molar-refractivity contribution in [3.8, 4) is 11.1 Å². The highest BCUT2D eigenvalue weighted by Crippen LogP contribution is 2.41. The van der Waals surface area contributed by atoms with Crippen LogP contribution in [0.4, 0.5) is 30.2 Å². The van der Waals surface area contributed by atoms with Gasteiger partial charge in [-0.25, -0.2) is 4.85 Å². The predicted molar refractivity (Wildman–Crippen MR) is 97.6 cm³/mol. The van der Waals surface area contributed by atoms with E-state index in [4.69, 9.17) is 6.57 Å². The van der Waals surface area contributed by atoms with Crippen molar-refractivity contribution in [1.29, 1.82) is 0 Å². The Kier molecular flexibility index (Phi) is 4.68. The van der Waals surface area contributed by atoms with E-state index in [0.717, 1.165) is 23.5 Å². The maximum atomic E-state index is 13.0. The molecule has 0 saturated carbocycles. The number of halogens is 3. The van der Waals surface area contributed by atoms with E-state index in [1.807, 2.05) is 66.5 Å². The Morgan fingerprint density at radius 2 is 1.50 bits per heavy atom. The van der Waals surface area contributed by atoms with E-state index in [2.05, 4.69) is 4.85 Å². The molecular weight excluding hydrogens is 337 g/mol. The van der Waals surface area contributed by atoms with Gasteiger partial charge in [-0.2, -0.15) is 13.2 Å². The lowest BCUT2D eigenvalue weighted by Crippen LogP contribution is -2.10. The molecule has 0 spiro atoms. The molecule has 0 aliphatic rings. The van der Waals surface area contributed by atoms with Gasteiger partial charge in [0.25, 0.3) is 0 Å². The molecule has 2 nitrogen and oxygen atoms in total. The van der Waals surface area contributed by atoms with Crippen LogP contribution in [0.2, 0.25) is 0 Å². The van der Waals surface area contributed by atoms with Crippen molar-refractivity contribution >= 4 is 17.1 Å². The Hall–Kier alpha value is -3.26. The summed E-state index contributed by atoms with van der Waals surface area (Å²) in [5, 5.41) is 0. The quantitative estimate of drug-likeness (QED) is 0.476. The van der Waals surface area contributed by atoms with Gasteiger partial charge in [0.05, 0.1) is 6.57 Å². The zero-order chi connectivity index (χ0) is 18.7. The average Bonchev–Trinajstić information content (AvgIpc) is 2.67. The average molecular weight is 352 g/mol. The molecule has 0 unspecified atom stereocenters. The molecule has 130 valence electrons. The largest absolute Gasteiger partial charge is 0.415 e. The van der Waals surface area contributed by atoms with Crippen molar-refractivity contribution in [1.82, 2.24) is 0 Å². The first-order chi connectivity index (χ1) is 12.4. The summed E-state index contributed by atoms with van der Waals surface area (Å²) < 4.78 is 38.9. The summed E-state index contributed by atoms with van der Waals surface area (Å²) in [4.78, 5) is 5.27. The van der Waals surface area contributed by atoms with E-state index < -0.39 is 11.7 Å². The summed E-state index contributed by atoms with van der Waals surface area (Å²) in [5.41, 5.74) is 2.10. The SMILES string of the molecule is [C-]#[N+]c1cc(C(F)(F)F)ccc1-c1ccccc1N(C)c1ccccc1. The summed E-state index contributed by atoms with van der Waals surface area (Å²) in [6.45, 7) is 7.32. The van der Waals surface area contributed by atoms with E-state index in [1.165, 1.54) is 6.07 Å². The van der Waals surface area contributed by atoms with Gasteiger partial charge in [0, 0.05) is 24.0 Å². The second-order valence-corrected chi connectivity index (χ2v) is 5.75. The van der Waals surface area contributed by atoms with Crippen molar-refractivity contribution in [2.24, 2.45) is 0 Å². The van der Waals surface area contributed by atoms with Gasteiger partial charge in [0.1, 0.15) is 0 Å². The molecule has 0 fully saturated rings. The van der Waals surface area contributed by atoms with Crippen LogP contribution in [-0.2, 0) is 6.18 Å². The Morgan fingerprint density at radius 3 is 2.15 bits per heavy atom. The molecule has 0 radical (unpaired) electrons. The molecule has 0 atom stereocenters. The Morgan fingerprint density at radius 1 is 0.846 bits per heavy atom. The monoisotopic (exact) mass is 352 g/mol. The highest BCUT2D eigenvalue weighted by Gasteiger charge is 2.31. The molecule has 3 rings (SSSR count). The van der Waals surface area contributed by atoms with Gasteiger partial charge in [-0.1, -0.05) is 48.5 Å². The topological polar surface area (TPSA) is 7.60 Å². The normalized spacial score (nSPS) is 11.0. The van der Waals surface area contributed by atoms with E-state index in [0.29, 0.717) is 11.1 Å². The fraction of sp³-hybridized carbons (Fsp3) is 0.0952. The molecule has 0 aliphatic heterocycles. The first-order valence-electron chi connectivity index (χ1n) is 7.88. The Bertz CT molecular complexity index is 957. The van der Waals surface area contributed by atoms with Crippen LogP contribution >= 0.6 is 0 Å². The van der Waals surface area contributed by atoms with Gasteiger partial charge in [-0.15, -0.1) is 0 Å². The van der Waals surface area contributed by atoms with Crippen molar-refractivity contribution in [2.75, 3.05) is 11.9 Å². The van der Waals surface area contributed by atoms with Gasteiger partial charge in [-0.3, -0.25) is 0 Å². The number of rotatable bonds is 3. The van der Waals surface area contributed by atoms with Crippen LogP contribution < -0.4 is 4.90 Å². The molecule has 3 aromatic carbocycles. The fourth-order valence-corrected chi connectivity index (χ4v) is 2.81. The van der Waals surface area contributed by atoms with Gasteiger partial charge in [0.2, 0.25) is 0 Å². The number of para-hydroxylation sites is 2. The molecule has 0 saturated heterocycles. The minimum atomic E-state index is -4.47.